The van der Waals surface area contributed by atoms with Crippen LogP contribution in [0.1, 0.15) is 32.8 Å². The molecule has 0 fully saturated rings. The highest BCUT2D eigenvalue weighted by Gasteiger charge is 2.35. The van der Waals surface area contributed by atoms with Gasteiger partial charge in [0.25, 0.3) is 0 Å². The number of benzene rings is 2. The van der Waals surface area contributed by atoms with Crippen molar-refractivity contribution in [3.05, 3.63) is 66.0 Å². The van der Waals surface area contributed by atoms with Crippen molar-refractivity contribution < 1.29 is 17.6 Å². The van der Waals surface area contributed by atoms with E-state index in [0.29, 0.717) is 6.42 Å². The molecule has 1 atom stereocenters. The Labute approximate surface area is 166 Å². The Hall–Kier alpha value is -2.41. The summed E-state index contributed by atoms with van der Waals surface area (Å²) >= 11 is 0. The smallest absolute Gasteiger partial charge is 0.244 e. The summed E-state index contributed by atoms with van der Waals surface area (Å²) in [6.45, 7) is 5.45. The summed E-state index contributed by atoms with van der Waals surface area (Å²) < 4.78 is 40.0. The standard InChI is InChI=1S/C21H27FN2O3S/c1-5-18(24(28(4,26)27)19-14-10-9-13-17(19)22)20(25)23-21(2,3)15-16-11-7-6-8-12-16/h6-14,18H,5,15H2,1-4H3,(H,23,25)/t18-/m0/s1. The molecule has 152 valence electrons. The van der Waals surface area contributed by atoms with Crippen molar-refractivity contribution in [2.24, 2.45) is 0 Å². The second kappa shape index (κ2) is 8.73. The van der Waals surface area contributed by atoms with E-state index in [1.54, 1.807) is 13.0 Å². The zero-order chi connectivity index (χ0) is 20.9. The highest BCUT2D eigenvalue weighted by Crippen LogP contribution is 2.26. The average Bonchev–Trinajstić information content (AvgIpc) is 2.59. The van der Waals surface area contributed by atoms with Crippen molar-refractivity contribution in [3.63, 3.8) is 0 Å². The molecule has 0 aliphatic heterocycles. The van der Waals surface area contributed by atoms with Crippen molar-refractivity contribution in [2.75, 3.05) is 10.6 Å². The van der Waals surface area contributed by atoms with Crippen molar-refractivity contribution in [1.29, 1.82) is 0 Å². The molecule has 28 heavy (non-hydrogen) atoms. The van der Waals surface area contributed by atoms with Crippen LogP contribution in [-0.4, -0.2) is 32.2 Å². The molecule has 0 saturated heterocycles. The molecule has 2 aromatic carbocycles. The van der Waals surface area contributed by atoms with Gasteiger partial charge in [-0.15, -0.1) is 0 Å². The number of hydrogen-bond donors (Lipinski definition) is 1. The van der Waals surface area contributed by atoms with Gasteiger partial charge in [-0.05, 0) is 44.4 Å². The predicted molar refractivity (Wildman–Crippen MR) is 110 cm³/mol. The van der Waals surface area contributed by atoms with Gasteiger partial charge >= 0.3 is 0 Å². The molecule has 5 nitrogen and oxygen atoms in total. The van der Waals surface area contributed by atoms with E-state index < -0.39 is 33.3 Å². The first-order valence-corrected chi connectivity index (χ1v) is 11.0. The molecule has 1 amide bonds. The van der Waals surface area contributed by atoms with Gasteiger partial charge in [0.15, 0.2) is 0 Å². The van der Waals surface area contributed by atoms with Crippen LogP contribution >= 0.6 is 0 Å². The molecule has 0 spiro atoms. The predicted octanol–water partition coefficient (Wildman–Crippen LogP) is 3.51. The topological polar surface area (TPSA) is 66.5 Å². The van der Waals surface area contributed by atoms with Crippen molar-refractivity contribution >= 4 is 21.6 Å². The Morgan fingerprint density at radius 3 is 2.21 bits per heavy atom. The molecular formula is C21H27FN2O3S. The van der Waals surface area contributed by atoms with Gasteiger partial charge in [-0.2, -0.15) is 0 Å². The van der Waals surface area contributed by atoms with E-state index in [2.05, 4.69) is 5.32 Å². The molecule has 0 saturated carbocycles. The third-order valence-corrected chi connectivity index (χ3v) is 5.54. The molecule has 0 radical (unpaired) electrons. The first-order chi connectivity index (χ1) is 13.0. The fourth-order valence-corrected chi connectivity index (χ4v) is 4.45. The number of carbonyl (C=O) groups is 1. The zero-order valence-electron chi connectivity index (χ0n) is 16.6. The number of sulfonamides is 1. The Morgan fingerprint density at radius 2 is 1.68 bits per heavy atom. The van der Waals surface area contributed by atoms with Gasteiger partial charge in [-0.3, -0.25) is 9.10 Å². The number of anilines is 1. The zero-order valence-corrected chi connectivity index (χ0v) is 17.5. The maximum Gasteiger partial charge on any atom is 0.244 e. The summed E-state index contributed by atoms with van der Waals surface area (Å²) in [5.41, 5.74) is 0.312. The van der Waals surface area contributed by atoms with Crippen LogP contribution < -0.4 is 9.62 Å². The van der Waals surface area contributed by atoms with Gasteiger partial charge in [0.2, 0.25) is 15.9 Å². The maximum atomic E-state index is 14.3. The molecule has 7 heteroatoms. The van der Waals surface area contributed by atoms with Crippen LogP contribution in [0.5, 0.6) is 0 Å². The minimum Gasteiger partial charge on any atom is -0.349 e. The third kappa shape index (κ3) is 5.55. The van der Waals surface area contributed by atoms with E-state index in [1.165, 1.54) is 18.2 Å². The highest BCUT2D eigenvalue weighted by molar-refractivity contribution is 7.92. The monoisotopic (exact) mass is 406 g/mol. The Kier molecular flexibility index (Phi) is 6.82. The summed E-state index contributed by atoms with van der Waals surface area (Å²) in [7, 11) is -3.88. The Morgan fingerprint density at radius 1 is 1.11 bits per heavy atom. The van der Waals surface area contributed by atoms with Crippen LogP contribution in [0.15, 0.2) is 54.6 Å². The molecule has 0 aliphatic carbocycles. The molecule has 1 N–H and O–H groups in total. The minimum atomic E-state index is -3.88. The first kappa shape index (κ1) is 21.9. The molecule has 0 aliphatic rings. The quantitative estimate of drug-likeness (QED) is 0.730. The lowest BCUT2D eigenvalue weighted by Gasteiger charge is -2.34. The molecule has 0 aromatic heterocycles. The number of nitrogens with one attached hydrogen (secondary N) is 1. The van der Waals surface area contributed by atoms with Gasteiger partial charge in [0.1, 0.15) is 11.9 Å². The molecular weight excluding hydrogens is 379 g/mol. The summed E-state index contributed by atoms with van der Waals surface area (Å²) in [6, 6.07) is 14.2. The number of para-hydroxylation sites is 1. The molecule has 0 unspecified atom stereocenters. The number of halogens is 1. The highest BCUT2D eigenvalue weighted by atomic mass is 32.2. The average molecular weight is 407 g/mol. The second-order valence-electron chi connectivity index (χ2n) is 7.47. The molecule has 2 rings (SSSR count). The van der Waals surface area contributed by atoms with Crippen molar-refractivity contribution in [3.8, 4) is 0 Å². The van der Waals surface area contributed by atoms with E-state index in [-0.39, 0.29) is 12.1 Å². The van der Waals surface area contributed by atoms with Crippen LogP contribution in [0, 0.1) is 5.82 Å². The lowest BCUT2D eigenvalue weighted by molar-refractivity contribution is -0.123. The largest absolute Gasteiger partial charge is 0.349 e. The normalized spacial score (nSPS) is 13.0. The van der Waals surface area contributed by atoms with E-state index in [1.807, 2.05) is 44.2 Å². The van der Waals surface area contributed by atoms with E-state index in [4.69, 9.17) is 0 Å². The van der Waals surface area contributed by atoms with E-state index in [9.17, 15) is 17.6 Å². The molecule has 0 bridgehead atoms. The minimum absolute atomic E-state index is 0.132. The summed E-state index contributed by atoms with van der Waals surface area (Å²) in [5.74, 6) is -1.15. The van der Waals surface area contributed by atoms with Crippen LogP contribution in [-0.2, 0) is 21.2 Å². The molecule has 2 aromatic rings. The maximum absolute atomic E-state index is 14.3. The van der Waals surface area contributed by atoms with Crippen LogP contribution in [0.4, 0.5) is 10.1 Å². The van der Waals surface area contributed by atoms with Crippen molar-refractivity contribution in [2.45, 2.75) is 45.2 Å². The van der Waals surface area contributed by atoms with Crippen LogP contribution in [0.2, 0.25) is 0 Å². The van der Waals surface area contributed by atoms with Gasteiger partial charge < -0.3 is 5.32 Å². The third-order valence-electron chi connectivity index (χ3n) is 4.37. The van der Waals surface area contributed by atoms with Gasteiger partial charge in [0.05, 0.1) is 11.9 Å². The Balaban J connectivity index is 2.30. The Bertz CT molecular complexity index is 914. The number of hydrogen-bond acceptors (Lipinski definition) is 3. The van der Waals surface area contributed by atoms with Crippen LogP contribution in [0.3, 0.4) is 0 Å². The number of rotatable bonds is 8. The van der Waals surface area contributed by atoms with E-state index in [0.717, 1.165) is 16.1 Å². The number of nitrogens with zero attached hydrogens (tertiary/aromatic N) is 1. The SMILES string of the molecule is CC[C@@H](C(=O)NC(C)(C)Cc1ccccc1)N(c1ccccc1F)S(C)(=O)=O. The fourth-order valence-electron chi connectivity index (χ4n) is 3.23. The second-order valence-corrected chi connectivity index (χ2v) is 9.33. The fraction of sp³-hybridized carbons (Fsp3) is 0.381. The van der Waals surface area contributed by atoms with Gasteiger partial charge in [-0.25, -0.2) is 12.8 Å². The first-order valence-electron chi connectivity index (χ1n) is 9.15. The van der Waals surface area contributed by atoms with Crippen molar-refractivity contribution in [1.82, 2.24) is 5.32 Å². The van der Waals surface area contributed by atoms with Gasteiger partial charge in [-0.1, -0.05) is 49.4 Å². The summed E-state index contributed by atoms with van der Waals surface area (Å²) in [5, 5.41) is 2.93. The van der Waals surface area contributed by atoms with Crippen LogP contribution in [0.25, 0.3) is 0 Å². The summed E-state index contributed by atoms with van der Waals surface area (Å²) in [6.07, 6.45) is 1.76. The molecule has 0 heterocycles. The summed E-state index contributed by atoms with van der Waals surface area (Å²) in [4.78, 5) is 13.0. The lowest BCUT2D eigenvalue weighted by Crippen LogP contribution is -2.55. The van der Waals surface area contributed by atoms with E-state index >= 15 is 0 Å². The lowest BCUT2D eigenvalue weighted by atomic mass is 9.94. The number of carbonyl (C=O) groups excluding carboxylic acids is 1. The number of amides is 1. The van der Waals surface area contributed by atoms with Gasteiger partial charge in [0, 0.05) is 5.54 Å².